The summed E-state index contributed by atoms with van der Waals surface area (Å²) in [6.45, 7) is 4.55. The van der Waals surface area contributed by atoms with Crippen molar-refractivity contribution in [3.8, 4) is 11.9 Å². The Hall–Kier alpha value is -3.01. The smallest absolute Gasteiger partial charge is 0.257 e. The van der Waals surface area contributed by atoms with E-state index in [2.05, 4.69) is 32.3 Å². The second-order valence-electron chi connectivity index (χ2n) is 8.33. The minimum atomic E-state index is -1.77. The first-order valence-corrected chi connectivity index (χ1v) is 10.7. The monoisotopic (exact) mass is 457 g/mol. The molecule has 34 heavy (non-hydrogen) atoms. The summed E-state index contributed by atoms with van der Waals surface area (Å²) in [5.74, 6) is 1.13. The van der Waals surface area contributed by atoms with Crippen LogP contribution < -0.4 is 10.1 Å². The third-order valence-electron chi connectivity index (χ3n) is 5.23. The molecule has 3 aromatic heterocycles. The number of hydrogen-bond donors (Lipinski definition) is 3. The molecule has 3 atom stereocenters. The van der Waals surface area contributed by atoms with Gasteiger partial charge in [-0.05, 0) is 23.6 Å². The quantitative estimate of drug-likeness (QED) is 0.453. The van der Waals surface area contributed by atoms with Crippen molar-refractivity contribution in [2.45, 2.75) is 30.8 Å². The predicted molar refractivity (Wildman–Crippen MR) is 125 cm³/mol. The molecule has 2 aliphatic rings. The number of hydrogen-bond acceptors (Lipinski definition) is 9. The Bertz CT molecular complexity index is 1170. The van der Waals surface area contributed by atoms with E-state index in [4.69, 9.17) is 43.0 Å². The number of ether oxygens (including phenoxy) is 3. The molecule has 6 radical (unpaired) electrons. The van der Waals surface area contributed by atoms with Crippen molar-refractivity contribution in [3.63, 3.8) is 0 Å². The molecule has 5 rings (SSSR count). The van der Waals surface area contributed by atoms with E-state index in [1.807, 2.05) is 6.07 Å². The molecule has 0 aromatic carbocycles. The summed E-state index contributed by atoms with van der Waals surface area (Å²) in [7, 11) is 17.1. The Balaban J connectivity index is 0.000000398. The minimum Gasteiger partial charge on any atom is -0.466 e. The Morgan fingerprint density at radius 3 is 2.74 bits per heavy atom. The molecule has 0 spiro atoms. The normalized spacial score (nSPS) is 22.2. The fourth-order valence-electron chi connectivity index (χ4n) is 3.32. The molecular formula is C20H22B3N7O4. The summed E-state index contributed by atoms with van der Waals surface area (Å²) < 4.78 is 17.1. The van der Waals surface area contributed by atoms with E-state index in [9.17, 15) is 5.11 Å². The molecule has 11 nitrogen and oxygen atoms in total. The molecule has 2 aliphatic heterocycles. The van der Waals surface area contributed by atoms with Gasteiger partial charge in [-0.3, -0.25) is 4.68 Å². The Morgan fingerprint density at radius 2 is 2.15 bits per heavy atom. The maximum absolute atomic E-state index is 9.91. The summed E-state index contributed by atoms with van der Waals surface area (Å²) >= 11 is 0. The zero-order valence-corrected chi connectivity index (χ0v) is 18.6. The first-order chi connectivity index (χ1) is 16.2. The van der Waals surface area contributed by atoms with Crippen LogP contribution in [0, 0.1) is 17.2 Å². The molecule has 0 aliphatic carbocycles. The van der Waals surface area contributed by atoms with Crippen molar-refractivity contribution in [1.29, 1.82) is 5.26 Å². The molecule has 0 bridgehead atoms. The van der Waals surface area contributed by atoms with Crippen molar-refractivity contribution in [3.05, 3.63) is 24.2 Å². The number of rotatable bonds is 5. The van der Waals surface area contributed by atoms with Crippen molar-refractivity contribution in [2.24, 2.45) is 5.92 Å². The van der Waals surface area contributed by atoms with E-state index in [0.717, 1.165) is 23.8 Å². The van der Waals surface area contributed by atoms with Crippen LogP contribution in [0.4, 0.5) is 11.6 Å². The maximum Gasteiger partial charge on any atom is 0.257 e. The average Bonchev–Trinajstić information content (AvgIpc) is 3.57. The first-order valence-electron chi connectivity index (χ1n) is 10.7. The van der Waals surface area contributed by atoms with Crippen molar-refractivity contribution < 1.29 is 19.3 Å². The molecule has 2 saturated heterocycles. The van der Waals surface area contributed by atoms with Gasteiger partial charge in [-0.1, -0.05) is 6.92 Å². The number of H-pyrrole nitrogens is 1. The van der Waals surface area contributed by atoms with E-state index < -0.39 is 17.4 Å². The van der Waals surface area contributed by atoms with E-state index >= 15 is 0 Å². The molecule has 3 aromatic rings. The number of aromatic nitrogens is 5. The van der Waals surface area contributed by atoms with Crippen molar-refractivity contribution >= 4 is 46.2 Å². The standard InChI is InChI=1S/C15H12B3N7O3.C5H10O/c16-15(17,18)25-4-9(13(24-25)28-11-6-27-5-10(11)26)22-14-20-3-7-1-8(2-19)21-12(7)23-14;1-5-2-3-6-4-5/h1,3-4,10-11,26H,5-6H2,(H2,20,21,22,23);5H,2-4H2,1H3/t10?,11-;/m1./s1. The van der Waals surface area contributed by atoms with E-state index in [0.29, 0.717) is 22.4 Å². The van der Waals surface area contributed by atoms with Gasteiger partial charge in [-0.25, -0.2) is 4.98 Å². The van der Waals surface area contributed by atoms with Gasteiger partial charge in [-0.2, -0.15) is 10.2 Å². The van der Waals surface area contributed by atoms with Gasteiger partial charge < -0.3 is 29.6 Å². The van der Waals surface area contributed by atoms with Gasteiger partial charge in [0.25, 0.3) is 5.88 Å². The second-order valence-corrected chi connectivity index (χ2v) is 8.33. The molecular weight excluding hydrogens is 435 g/mol. The fraction of sp³-hybridized carbons (Fsp3) is 0.500. The molecule has 0 saturated carbocycles. The van der Waals surface area contributed by atoms with E-state index in [1.165, 1.54) is 12.6 Å². The van der Waals surface area contributed by atoms with Gasteiger partial charge in [0, 0.05) is 24.8 Å². The summed E-state index contributed by atoms with van der Waals surface area (Å²) in [5.41, 5.74) is 1.18. The van der Waals surface area contributed by atoms with E-state index in [-0.39, 0.29) is 25.0 Å². The number of fused-ring (bicyclic) bond motifs is 1. The third-order valence-corrected chi connectivity index (χ3v) is 5.23. The zero-order chi connectivity index (χ0) is 24.3. The molecule has 3 N–H and O–H groups in total. The number of nitrogens with one attached hydrogen (secondary N) is 2. The van der Waals surface area contributed by atoms with Crippen LogP contribution in [0.5, 0.6) is 5.88 Å². The van der Waals surface area contributed by atoms with Crippen LogP contribution in [0.1, 0.15) is 19.0 Å². The molecule has 2 fully saturated rings. The molecule has 2 unspecified atom stereocenters. The maximum atomic E-state index is 9.91. The van der Waals surface area contributed by atoms with Gasteiger partial charge in [0.05, 0.1) is 42.9 Å². The van der Waals surface area contributed by atoms with Crippen molar-refractivity contribution in [2.75, 3.05) is 31.7 Å². The zero-order valence-electron chi connectivity index (χ0n) is 18.6. The lowest BCUT2D eigenvalue weighted by Gasteiger charge is -2.20. The Kier molecular flexibility index (Phi) is 7.16. The van der Waals surface area contributed by atoms with Crippen LogP contribution in [0.15, 0.2) is 18.5 Å². The average molecular weight is 457 g/mol. The highest BCUT2D eigenvalue weighted by Gasteiger charge is 2.30. The Morgan fingerprint density at radius 1 is 1.32 bits per heavy atom. The number of aromatic amines is 1. The summed E-state index contributed by atoms with van der Waals surface area (Å²) in [4.78, 5) is 11.4. The number of anilines is 2. The number of nitriles is 1. The summed E-state index contributed by atoms with van der Waals surface area (Å²) in [6, 6.07) is 3.64. The van der Waals surface area contributed by atoms with Gasteiger partial charge in [0.15, 0.2) is 6.10 Å². The lowest BCUT2D eigenvalue weighted by atomic mass is 9.49. The summed E-state index contributed by atoms with van der Waals surface area (Å²) in [5, 5.41) is 24.9. The SMILES string of the molecule is CC1CCOC1.[B]C([B])([B])n1cc(Nc2ncc3cc(C#N)[nH]c3n2)c(O[C@@H]2COCC2O)n1. The van der Waals surface area contributed by atoms with Crippen LogP contribution in [0.2, 0.25) is 0 Å². The number of nitrogens with zero attached hydrogens (tertiary/aromatic N) is 5. The van der Waals surface area contributed by atoms with E-state index in [1.54, 1.807) is 12.3 Å². The summed E-state index contributed by atoms with van der Waals surface area (Å²) in [6.07, 6.45) is 2.84. The topological polar surface area (TPSA) is 143 Å². The largest absolute Gasteiger partial charge is 0.466 e. The fourth-order valence-corrected chi connectivity index (χ4v) is 3.32. The van der Waals surface area contributed by atoms with Gasteiger partial charge in [0.2, 0.25) is 5.95 Å². The van der Waals surface area contributed by atoms with Crippen LogP contribution in [-0.4, -0.2) is 92.0 Å². The lowest BCUT2D eigenvalue weighted by Crippen LogP contribution is -2.35. The number of aliphatic hydroxyl groups is 1. The molecule has 170 valence electrons. The second kappa shape index (κ2) is 10.1. The number of aliphatic hydroxyl groups excluding tert-OH is 1. The van der Waals surface area contributed by atoms with Crippen LogP contribution >= 0.6 is 0 Å². The highest BCUT2D eigenvalue weighted by molar-refractivity contribution is 6.56. The predicted octanol–water partition coefficient (Wildman–Crippen LogP) is 0.0243. The lowest BCUT2D eigenvalue weighted by molar-refractivity contribution is 0.0703. The Labute approximate surface area is 200 Å². The highest BCUT2D eigenvalue weighted by atomic mass is 16.6. The van der Waals surface area contributed by atoms with Gasteiger partial charge in [0.1, 0.15) is 29.2 Å². The van der Waals surface area contributed by atoms with Crippen LogP contribution in [0.3, 0.4) is 0 Å². The first kappa shape index (κ1) is 24.1. The third kappa shape index (κ3) is 5.73. The molecule has 5 heterocycles. The van der Waals surface area contributed by atoms with Crippen molar-refractivity contribution in [1.82, 2.24) is 24.7 Å². The van der Waals surface area contributed by atoms with Crippen LogP contribution in [-0.2, 0) is 14.7 Å². The van der Waals surface area contributed by atoms with Gasteiger partial charge in [-0.15, -0.1) is 5.10 Å². The molecule has 0 amide bonds. The molecule has 14 heteroatoms. The van der Waals surface area contributed by atoms with Gasteiger partial charge >= 0.3 is 0 Å². The highest BCUT2D eigenvalue weighted by Crippen LogP contribution is 2.29. The minimum absolute atomic E-state index is 0.0909. The van der Waals surface area contributed by atoms with Crippen LogP contribution in [0.25, 0.3) is 11.0 Å².